The second-order valence-corrected chi connectivity index (χ2v) is 5.83. The molecule has 1 aromatic heterocycles. The lowest BCUT2D eigenvalue weighted by atomic mass is 10.2. The molecule has 0 aliphatic rings. The van der Waals surface area contributed by atoms with Crippen LogP contribution in [-0.4, -0.2) is 9.97 Å². The fraction of sp³-hybridized carbons (Fsp3) is 0.0588. The van der Waals surface area contributed by atoms with Gasteiger partial charge in [0.05, 0.1) is 11.4 Å². The molecular formula is C17H14BrFN4. The van der Waals surface area contributed by atoms with Crippen LogP contribution in [0.1, 0.15) is 5.56 Å². The fourth-order valence-corrected chi connectivity index (χ4v) is 2.62. The highest BCUT2D eigenvalue weighted by molar-refractivity contribution is 9.10. The molecule has 0 atom stereocenters. The highest BCUT2D eigenvalue weighted by Gasteiger charge is 2.06. The highest BCUT2D eigenvalue weighted by Crippen LogP contribution is 2.26. The summed E-state index contributed by atoms with van der Waals surface area (Å²) in [5.41, 5.74) is 2.39. The number of aryl methyl sites for hydroxylation is 1. The van der Waals surface area contributed by atoms with Gasteiger partial charge in [0.1, 0.15) is 11.6 Å². The third-order valence-corrected chi connectivity index (χ3v) is 3.82. The molecule has 0 saturated heterocycles. The minimum atomic E-state index is -0.351. The van der Waals surface area contributed by atoms with Crippen molar-refractivity contribution in [2.24, 2.45) is 0 Å². The summed E-state index contributed by atoms with van der Waals surface area (Å²) in [6, 6.07) is 14.1. The highest BCUT2D eigenvalue weighted by atomic mass is 79.9. The average molecular weight is 373 g/mol. The monoisotopic (exact) mass is 372 g/mol. The summed E-state index contributed by atoms with van der Waals surface area (Å²) in [6.07, 6.45) is 1.61. The van der Waals surface area contributed by atoms with Gasteiger partial charge in [-0.2, -0.15) is 4.98 Å². The SMILES string of the molecule is Cc1ccc(Nc2ccnc(Nc3ccccc3F)n2)c(Br)c1. The van der Waals surface area contributed by atoms with Crippen molar-refractivity contribution in [3.8, 4) is 0 Å². The van der Waals surface area contributed by atoms with Crippen molar-refractivity contribution in [3.05, 3.63) is 70.6 Å². The summed E-state index contributed by atoms with van der Waals surface area (Å²) in [5, 5.41) is 6.08. The van der Waals surface area contributed by atoms with Crippen molar-refractivity contribution in [3.63, 3.8) is 0 Å². The van der Waals surface area contributed by atoms with E-state index >= 15 is 0 Å². The van der Waals surface area contributed by atoms with Crippen LogP contribution in [0, 0.1) is 12.7 Å². The van der Waals surface area contributed by atoms with Gasteiger partial charge in [0.25, 0.3) is 0 Å². The van der Waals surface area contributed by atoms with Gasteiger partial charge in [0.2, 0.25) is 5.95 Å². The predicted octanol–water partition coefficient (Wildman–Crippen LogP) is 5.17. The molecule has 0 amide bonds. The minimum Gasteiger partial charge on any atom is -0.339 e. The van der Waals surface area contributed by atoms with E-state index in [1.54, 1.807) is 30.5 Å². The Morgan fingerprint density at radius 3 is 2.61 bits per heavy atom. The van der Waals surface area contributed by atoms with Gasteiger partial charge in [0.15, 0.2) is 0 Å². The number of nitrogens with one attached hydrogen (secondary N) is 2. The number of aromatic nitrogens is 2. The number of halogens is 2. The quantitative estimate of drug-likeness (QED) is 0.662. The first-order valence-corrected chi connectivity index (χ1v) is 7.79. The van der Waals surface area contributed by atoms with Gasteiger partial charge >= 0.3 is 0 Å². The number of rotatable bonds is 4. The standard InChI is InChI=1S/C17H14BrFN4/c1-11-6-7-14(12(18)10-11)21-16-8-9-20-17(23-16)22-15-5-3-2-4-13(15)19/h2-10H,1H3,(H2,20,21,22,23). The van der Waals surface area contributed by atoms with Crippen molar-refractivity contribution in [1.82, 2.24) is 9.97 Å². The van der Waals surface area contributed by atoms with Gasteiger partial charge in [-0.25, -0.2) is 9.37 Å². The van der Waals surface area contributed by atoms with E-state index in [0.29, 0.717) is 17.5 Å². The zero-order chi connectivity index (χ0) is 16.2. The van der Waals surface area contributed by atoms with Gasteiger partial charge < -0.3 is 10.6 Å². The van der Waals surface area contributed by atoms with Crippen LogP contribution < -0.4 is 10.6 Å². The molecule has 2 aromatic carbocycles. The molecule has 0 saturated carbocycles. The Morgan fingerprint density at radius 1 is 1.00 bits per heavy atom. The van der Waals surface area contributed by atoms with E-state index in [1.165, 1.54) is 6.07 Å². The van der Waals surface area contributed by atoms with Gasteiger partial charge in [-0.1, -0.05) is 18.2 Å². The molecule has 0 fully saturated rings. The molecule has 3 rings (SSSR count). The second kappa shape index (κ2) is 6.75. The molecule has 0 radical (unpaired) electrons. The van der Waals surface area contributed by atoms with Crippen LogP contribution in [0.5, 0.6) is 0 Å². The maximum atomic E-state index is 13.7. The fourth-order valence-electron chi connectivity index (χ4n) is 2.03. The van der Waals surface area contributed by atoms with Crippen LogP contribution in [0.15, 0.2) is 59.2 Å². The van der Waals surface area contributed by atoms with E-state index in [4.69, 9.17) is 0 Å². The van der Waals surface area contributed by atoms with Gasteiger partial charge in [0, 0.05) is 10.7 Å². The average Bonchev–Trinajstić information content (AvgIpc) is 2.53. The Labute approximate surface area is 141 Å². The van der Waals surface area contributed by atoms with Crippen molar-refractivity contribution in [2.45, 2.75) is 6.92 Å². The number of anilines is 4. The summed E-state index contributed by atoms with van der Waals surface area (Å²) in [7, 11) is 0. The molecule has 0 spiro atoms. The van der Waals surface area contributed by atoms with Crippen molar-refractivity contribution < 1.29 is 4.39 Å². The molecule has 23 heavy (non-hydrogen) atoms. The lowest BCUT2D eigenvalue weighted by Crippen LogP contribution is -2.01. The van der Waals surface area contributed by atoms with Crippen molar-refractivity contribution >= 4 is 39.1 Å². The number of nitrogens with zero attached hydrogens (tertiary/aromatic N) is 2. The van der Waals surface area contributed by atoms with E-state index in [0.717, 1.165) is 15.7 Å². The molecule has 1 heterocycles. The first kappa shape index (κ1) is 15.4. The molecule has 4 nitrogen and oxygen atoms in total. The van der Waals surface area contributed by atoms with Crippen LogP contribution >= 0.6 is 15.9 Å². The number of benzene rings is 2. The third kappa shape index (κ3) is 3.84. The number of para-hydroxylation sites is 1. The van der Waals surface area contributed by atoms with Crippen molar-refractivity contribution in [1.29, 1.82) is 0 Å². The Hall–Kier alpha value is -2.47. The number of hydrogen-bond acceptors (Lipinski definition) is 4. The molecule has 2 N–H and O–H groups in total. The topological polar surface area (TPSA) is 49.8 Å². The van der Waals surface area contributed by atoms with E-state index < -0.39 is 0 Å². The van der Waals surface area contributed by atoms with Gasteiger partial charge in [-0.15, -0.1) is 0 Å². The lowest BCUT2D eigenvalue weighted by Gasteiger charge is -2.10. The molecule has 0 aliphatic carbocycles. The summed E-state index contributed by atoms with van der Waals surface area (Å²) in [4.78, 5) is 8.46. The Kier molecular flexibility index (Phi) is 4.52. The normalized spacial score (nSPS) is 10.4. The molecule has 0 aliphatic heterocycles. The molecule has 0 bridgehead atoms. The van der Waals surface area contributed by atoms with E-state index in [1.807, 2.05) is 25.1 Å². The first-order valence-electron chi connectivity index (χ1n) is 6.99. The third-order valence-electron chi connectivity index (χ3n) is 3.16. The summed E-state index contributed by atoms with van der Waals surface area (Å²) in [5.74, 6) is 0.586. The van der Waals surface area contributed by atoms with E-state index in [2.05, 4.69) is 36.5 Å². The Balaban J connectivity index is 1.81. The summed E-state index contributed by atoms with van der Waals surface area (Å²) in [6.45, 7) is 2.02. The maximum absolute atomic E-state index is 13.7. The van der Waals surface area contributed by atoms with Gasteiger partial charge in [-0.05, 0) is 58.7 Å². The van der Waals surface area contributed by atoms with Crippen LogP contribution in [0.2, 0.25) is 0 Å². The van der Waals surface area contributed by atoms with Crippen molar-refractivity contribution in [2.75, 3.05) is 10.6 Å². The van der Waals surface area contributed by atoms with E-state index in [9.17, 15) is 4.39 Å². The maximum Gasteiger partial charge on any atom is 0.229 e. The lowest BCUT2D eigenvalue weighted by molar-refractivity contribution is 0.631. The van der Waals surface area contributed by atoms with Crippen LogP contribution in [0.3, 0.4) is 0 Å². The Morgan fingerprint density at radius 2 is 1.83 bits per heavy atom. The largest absolute Gasteiger partial charge is 0.339 e. The van der Waals surface area contributed by atoms with Crippen LogP contribution in [-0.2, 0) is 0 Å². The zero-order valence-electron chi connectivity index (χ0n) is 12.3. The number of hydrogen-bond donors (Lipinski definition) is 2. The summed E-state index contributed by atoms with van der Waals surface area (Å²) >= 11 is 3.52. The molecular weight excluding hydrogens is 359 g/mol. The molecule has 116 valence electrons. The second-order valence-electron chi connectivity index (χ2n) is 4.98. The Bertz CT molecular complexity index is 838. The summed E-state index contributed by atoms with van der Waals surface area (Å²) < 4.78 is 14.6. The van der Waals surface area contributed by atoms with E-state index in [-0.39, 0.29) is 5.82 Å². The van der Waals surface area contributed by atoms with Crippen LogP contribution in [0.4, 0.5) is 27.5 Å². The first-order chi connectivity index (χ1) is 11.1. The molecule has 0 unspecified atom stereocenters. The zero-order valence-corrected chi connectivity index (χ0v) is 13.9. The molecule has 6 heteroatoms. The van der Waals surface area contributed by atoms with Gasteiger partial charge in [-0.3, -0.25) is 0 Å². The predicted molar refractivity (Wildman–Crippen MR) is 93.9 cm³/mol. The molecule has 3 aromatic rings. The van der Waals surface area contributed by atoms with Crippen LogP contribution in [0.25, 0.3) is 0 Å². The smallest absolute Gasteiger partial charge is 0.229 e. The minimum absolute atomic E-state index is 0.323.